The quantitative estimate of drug-likeness (QED) is 0.242. The van der Waals surface area contributed by atoms with Crippen LogP contribution in [0.1, 0.15) is 11.3 Å². The number of thioether (sulfide) groups is 1. The molecule has 7 nitrogen and oxygen atoms in total. The van der Waals surface area contributed by atoms with Gasteiger partial charge < -0.3 is 19.4 Å². The van der Waals surface area contributed by atoms with Crippen LogP contribution in [-0.4, -0.2) is 68.1 Å². The van der Waals surface area contributed by atoms with Crippen molar-refractivity contribution in [3.05, 3.63) is 53.7 Å². The molecule has 0 radical (unpaired) electrons. The van der Waals surface area contributed by atoms with E-state index in [9.17, 15) is 4.79 Å². The molecule has 0 N–H and O–H groups in total. The summed E-state index contributed by atoms with van der Waals surface area (Å²) in [5, 5.41) is 3.30. The molecule has 5 rings (SSSR count). The second kappa shape index (κ2) is 10.3. The Morgan fingerprint density at radius 2 is 1.72 bits per heavy atom. The predicted octanol–water partition coefficient (Wildman–Crippen LogP) is 5.47. The molecule has 2 aromatic carbocycles. The topological polar surface area (TPSA) is 61.8 Å². The molecule has 3 heterocycles. The molecule has 3 aromatic rings. The van der Waals surface area contributed by atoms with Gasteiger partial charge in [0.25, 0.3) is 0 Å². The van der Waals surface area contributed by atoms with E-state index in [2.05, 4.69) is 71.9 Å². The Balaban J connectivity index is 1.29. The van der Waals surface area contributed by atoms with Gasteiger partial charge in [0, 0.05) is 52.0 Å². The summed E-state index contributed by atoms with van der Waals surface area (Å²) in [6, 6.07) is 16.1. The molecule has 2 aliphatic rings. The van der Waals surface area contributed by atoms with Crippen molar-refractivity contribution < 1.29 is 9.53 Å². The third kappa shape index (κ3) is 5.47. The van der Waals surface area contributed by atoms with Crippen LogP contribution in [-0.2, 0) is 17.8 Å². The van der Waals surface area contributed by atoms with Gasteiger partial charge in [0.05, 0.1) is 18.8 Å². The van der Waals surface area contributed by atoms with Gasteiger partial charge in [-0.05, 0) is 35.2 Å². The SMILES string of the molecule is CSc1nc2c(c(N3CCN(C(=O)OCC[Si](C)(C)C)CC3)n1)CN(c1ccc3ccccc3c1)C2. The Hall–Kier alpha value is -2.78. The first-order valence-electron chi connectivity index (χ1n) is 12.6. The Kier molecular flexibility index (Phi) is 7.12. The lowest BCUT2D eigenvalue weighted by Gasteiger charge is -2.35. The number of hydrogen-bond donors (Lipinski definition) is 0. The number of benzene rings is 2. The standard InChI is InChI=1S/C27H35N5O2SSi/c1-35-26-28-24-19-32(22-10-9-20-7-5-6-8-21(20)17-22)18-23(24)25(29-26)30-11-13-31(14-12-30)27(33)34-15-16-36(2,3)4/h5-10,17H,11-16,18-19H2,1-4H3. The first-order chi connectivity index (χ1) is 17.3. The molecule has 0 atom stereocenters. The molecule has 2 aliphatic heterocycles. The number of rotatable bonds is 6. The number of hydrogen-bond acceptors (Lipinski definition) is 7. The predicted molar refractivity (Wildman–Crippen MR) is 151 cm³/mol. The van der Waals surface area contributed by atoms with Crippen LogP contribution in [0, 0.1) is 0 Å². The summed E-state index contributed by atoms with van der Waals surface area (Å²) < 4.78 is 5.57. The maximum atomic E-state index is 12.6. The second-order valence-electron chi connectivity index (χ2n) is 10.7. The molecule has 9 heteroatoms. The average molecular weight is 522 g/mol. The highest BCUT2D eigenvalue weighted by molar-refractivity contribution is 7.98. The minimum Gasteiger partial charge on any atom is -0.450 e. The fourth-order valence-electron chi connectivity index (χ4n) is 4.76. The van der Waals surface area contributed by atoms with E-state index in [1.165, 1.54) is 22.0 Å². The first-order valence-corrected chi connectivity index (χ1v) is 17.6. The summed E-state index contributed by atoms with van der Waals surface area (Å²) in [5.74, 6) is 1.01. The minimum atomic E-state index is -1.22. The normalized spacial score (nSPS) is 15.9. The zero-order valence-corrected chi connectivity index (χ0v) is 23.5. The van der Waals surface area contributed by atoms with Gasteiger partial charge >= 0.3 is 6.09 Å². The monoisotopic (exact) mass is 521 g/mol. The first kappa shape index (κ1) is 24.9. The molecule has 0 bridgehead atoms. The molecule has 1 amide bonds. The molecule has 190 valence electrons. The molecule has 1 fully saturated rings. The molecule has 1 aromatic heterocycles. The van der Waals surface area contributed by atoms with Crippen LogP contribution >= 0.6 is 11.8 Å². The summed E-state index contributed by atoms with van der Waals surface area (Å²) in [4.78, 5) is 28.9. The van der Waals surface area contributed by atoms with Crippen molar-refractivity contribution in [2.45, 2.75) is 43.9 Å². The summed E-state index contributed by atoms with van der Waals surface area (Å²) in [6.45, 7) is 11.8. The van der Waals surface area contributed by atoms with Crippen LogP contribution in [0.5, 0.6) is 0 Å². The number of ether oxygens (including phenoxy) is 1. The van der Waals surface area contributed by atoms with Crippen LogP contribution in [0.15, 0.2) is 47.6 Å². The van der Waals surface area contributed by atoms with E-state index in [1.54, 1.807) is 11.8 Å². The van der Waals surface area contributed by atoms with Crippen LogP contribution in [0.2, 0.25) is 25.7 Å². The highest BCUT2D eigenvalue weighted by Crippen LogP contribution is 2.35. The van der Waals surface area contributed by atoms with Gasteiger partial charge in [-0.1, -0.05) is 61.7 Å². The van der Waals surface area contributed by atoms with Crippen LogP contribution in [0.3, 0.4) is 0 Å². The van der Waals surface area contributed by atoms with Gasteiger partial charge in [0.15, 0.2) is 5.16 Å². The van der Waals surface area contributed by atoms with Gasteiger partial charge in [0.1, 0.15) is 5.82 Å². The molecular formula is C27H35N5O2SSi. The molecule has 1 saturated heterocycles. The van der Waals surface area contributed by atoms with Crippen molar-refractivity contribution in [3.8, 4) is 0 Å². The van der Waals surface area contributed by atoms with Crippen molar-refractivity contribution in [1.82, 2.24) is 14.9 Å². The van der Waals surface area contributed by atoms with Crippen LogP contribution in [0.25, 0.3) is 10.8 Å². The number of amides is 1. The summed E-state index contributed by atoms with van der Waals surface area (Å²) >= 11 is 1.58. The Bertz CT molecular complexity index is 1260. The van der Waals surface area contributed by atoms with Crippen molar-refractivity contribution in [2.75, 3.05) is 48.8 Å². The van der Waals surface area contributed by atoms with Crippen LogP contribution < -0.4 is 9.80 Å². The number of anilines is 2. The number of nitrogens with zero attached hydrogens (tertiary/aromatic N) is 5. The molecule has 0 saturated carbocycles. The van der Waals surface area contributed by atoms with Gasteiger partial charge in [-0.3, -0.25) is 0 Å². The molecular weight excluding hydrogens is 486 g/mol. The third-order valence-corrected chi connectivity index (χ3v) is 9.19. The van der Waals surface area contributed by atoms with E-state index in [4.69, 9.17) is 14.7 Å². The second-order valence-corrected chi connectivity index (χ2v) is 17.1. The smallest absolute Gasteiger partial charge is 0.409 e. The minimum absolute atomic E-state index is 0.187. The van der Waals surface area contributed by atoms with Crippen LogP contribution in [0.4, 0.5) is 16.3 Å². The Morgan fingerprint density at radius 1 is 0.972 bits per heavy atom. The highest BCUT2D eigenvalue weighted by Gasteiger charge is 2.30. The number of aromatic nitrogens is 2. The lowest BCUT2D eigenvalue weighted by molar-refractivity contribution is 0.104. The van der Waals surface area contributed by atoms with E-state index < -0.39 is 8.07 Å². The fourth-order valence-corrected chi connectivity index (χ4v) is 5.85. The zero-order chi connectivity index (χ0) is 25.3. The molecule has 0 unspecified atom stereocenters. The highest BCUT2D eigenvalue weighted by atomic mass is 32.2. The molecule has 0 aliphatic carbocycles. The molecule has 36 heavy (non-hydrogen) atoms. The fraction of sp³-hybridized carbons (Fsp3) is 0.444. The zero-order valence-electron chi connectivity index (χ0n) is 21.7. The van der Waals surface area contributed by atoms with Crippen molar-refractivity contribution in [3.63, 3.8) is 0 Å². The summed E-state index contributed by atoms with van der Waals surface area (Å²) in [5.41, 5.74) is 3.51. The maximum absolute atomic E-state index is 12.6. The Labute approximate surface area is 218 Å². The summed E-state index contributed by atoms with van der Waals surface area (Å²) in [7, 11) is -1.22. The van der Waals surface area contributed by atoms with E-state index in [-0.39, 0.29) is 6.09 Å². The van der Waals surface area contributed by atoms with E-state index >= 15 is 0 Å². The van der Waals surface area contributed by atoms with Gasteiger partial charge in [-0.25, -0.2) is 14.8 Å². The largest absolute Gasteiger partial charge is 0.450 e. The Morgan fingerprint density at radius 3 is 2.44 bits per heavy atom. The van der Waals surface area contributed by atoms with Crippen molar-refractivity contribution in [1.29, 1.82) is 0 Å². The van der Waals surface area contributed by atoms with Crippen molar-refractivity contribution in [2.24, 2.45) is 0 Å². The van der Waals surface area contributed by atoms with Crippen molar-refractivity contribution >= 4 is 48.2 Å². The van der Waals surface area contributed by atoms with Gasteiger partial charge in [0.2, 0.25) is 0 Å². The van der Waals surface area contributed by atoms with Gasteiger partial charge in [-0.15, -0.1) is 0 Å². The molecule has 0 spiro atoms. The number of carbonyl (C=O) groups is 1. The van der Waals surface area contributed by atoms with E-state index in [0.717, 1.165) is 48.9 Å². The lowest BCUT2D eigenvalue weighted by Crippen LogP contribution is -2.49. The maximum Gasteiger partial charge on any atom is 0.409 e. The average Bonchev–Trinajstić information content (AvgIpc) is 3.31. The van der Waals surface area contributed by atoms with E-state index in [0.29, 0.717) is 19.7 Å². The number of fused-ring (bicyclic) bond motifs is 2. The lowest BCUT2D eigenvalue weighted by atomic mass is 10.1. The number of carbonyl (C=O) groups excluding carboxylic acids is 1. The summed E-state index contributed by atoms with van der Waals surface area (Å²) in [6.07, 6.45) is 1.84. The third-order valence-electron chi connectivity index (χ3n) is 6.94. The number of piperazine rings is 1. The van der Waals surface area contributed by atoms with Gasteiger partial charge in [-0.2, -0.15) is 0 Å². The van der Waals surface area contributed by atoms with E-state index in [1.807, 2.05) is 11.2 Å².